The van der Waals surface area contributed by atoms with E-state index in [0.717, 1.165) is 18.7 Å². The van der Waals surface area contributed by atoms with Gasteiger partial charge in [-0.05, 0) is 24.6 Å². The van der Waals surface area contributed by atoms with Crippen molar-refractivity contribution in [2.24, 2.45) is 5.92 Å². The largest absolute Gasteiger partial charge is 0.406 e. The first-order valence-corrected chi connectivity index (χ1v) is 6.41. The zero-order chi connectivity index (χ0) is 15.4. The van der Waals surface area contributed by atoms with Gasteiger partial charge in [0.15, 0.2) is 17.5 Å². The third-order valence-corrected chi connectivity index (χ3v) is 2.57. The van der Waals surface area contributed by atoms with Crippen molar-refractivity contribution in [1.82, 2.24) is 15.5 Å². The van der Waals surface area contributed by atoms with E-state index in [1.807, 2.05) is 0 Å². The van der Waals surface area contributed by atoms with Gasteiger partial charge in [0.2, 0.25) is 5.89 Å². The Labute approximate surface area is 119 Å². The van der Waals surface area contributed by atoms with E-state index in [9.17, 15) is 13.2 Å². The molecule has 114 valence electrons. The van der Waals surface area contributed by atoms with Gasteiger partial charge in [0, 0.05) is 0 Å². The molecule has 1 aromatic carbocycles. The summed E-state index contributed by atoms with van der Waals surface area (Å²) in [5, 5.41) is 12.9. The molecule has 0 aliphatic heterocycles. The monoisotopic (exact) mass is 300 g/mol. The van der Waals surface area contributed by atoms with E-state index < -0.39 is 17.5 Å². The zero-order valence-corrected chi connectivity index (χ0v) is 11.6. The molecule has 8 heteroatoms. The number of nitrogens with one attached hydrogen (secondary N) is 2. The number of hydrogen-bond acceptors (Lipinski definition) is 5. The van der Waals surface area contributed by atoms with E-state index in [-0.39, 0.29) is 11.7 Å². The average Bonchev–Trinajstić information content (AvgIpc) is 2.87. The van der Waals surface area contributed by atoms with E-state index in [4.69, 9.17) is 4.42 Å². The zero-order valence-electron chi connectivity index (χ0n) is 11.6. The summed E-state index contributed by atoms with van der Waals surface area (Å²) in [5.74, 6) is -3.38. The molecule has 0 saturated carbocycles. The predicted octanol–water partition coefficient (Wildman–Crippen LogP) is 2.98. The van der Waals surface area contributed by atoms with Crippen molar-refractivity contribution in [2.45, 2.75) is 20.4 Å². The molecular formula is C13H15F3N4O. The van der Waals surface area contributed by atoms with Crippen molar-refractivity contribution < 1.29 is 17.6 Å². The van der Waals surface area contributed by atoms with Crippen LogP contribution in [0.4, 0.5) is 24.9 Å². The van der Waals surface area contributed by atoms with Crippen molar-refractivity contribution in [3.8, 4) is 0 Å². The van der Waals surface area contributed by atoms with Crippen LogP contribution in [0.15, 0.2) is 16.5 Å². The fourth-order valence-corrected chi connectivity index (χ4v) is 1.58. The number of hydrogen-bond donors (Lipinski definition) is 2. The number of nitrogens with zero attached hydrogens (tertiary/aromatic N) is 2. The number of anilines is 2. The highest BCUT2D eigenvalue weighted by Gasteiger charge is 2.15. The van der Waals surface area contributed by atoms with E-state index in [1.165, 1.54) is 0 Å². The third-order valence-electron chi connectivity index (χ3n) is 2.57. The molecule has 0 unspecified atom stereocenters. The standard InChI is InChI=1S/C13H15F3N4O/c1-7(2)5-17-6-10-19-20-13(21-10)18-9-4-3-8(14)11(15)12(9)16/h3-4,7,17H,5-6H2,1-2H3,(H,18,20). The van der Waals surface area contributed by atoms with Gasteiger partial charge in [-0.3, -0.25) is 0 Å². The number of rotatable bonds is 6. The van der Waals surface area contributed by atoms with Gasteiger partial charge in [-0.25, -0.2) is 13.2 Å². The van der Waals surface area contributed by atoms with E-state index in [2.05, 4.69) is 34.7 Å². The minimum absolute atomic E-state index is 0.0961. The Morgan fingerprint density at radius 3 is 2.62 bits per heavy atom. The molecular weight excluding hydrogens is 285 g/mol. The number of benzene rings is 1. The Balaban J connectivity index is 2.01. The Morgan fingerprint density at radius 2 is 1.90 bits per heavy atom. The molecule has 0 radical (unpaired) electrons. The van der Waals surface area contributed by atoms with E-state index in [0.29, 0.717) is 18.4 Å². The SMILES string of the molecule is CC(C)CNCc1nnc(Nc2ccc(F)c(F)c2F)o1. The molecule has 2 rings (SSSR count). The number of halogens is 3. The number of aromatic nitrogens is 2. The van der Waals surface area contributed by atoms with Crippen molar-refractivity contribution in [3.05, 3.63) is 35.5 Å². The molecule has 0 aliphatic carbocycles. The summed E-state index contributed by atoms with van der Waals surface area (Å²) in [7, 11) is 0. The Bertz CT molecular complexity index is 615. The van der Waals surface area contributed by atoms with E-state index >= 15 is 0 Å². The summed E-state index contributed by atoms with van der Waals surface area (Å²) in [6.07, 6.45) is 0. The maximum absolute atomic E-state index is 13.5. The second kappa shape index (κ2) is 6.57. The molecule has 0 bridgehead atoms. The van der Waals surface area contributed by atoms with Crippen molar-refractivity contribution in [2.75, 3.05) is 11.9 Å². The van der Waals surface area contributed by atoms with Gasteiger partial charge < -0.3 is 15.1 Å². The summed E-state index contributed by atoms with van der Waals surface area (Å²) in [6.45, 7) is 5.26. The lowest BCUT2D eigenvalue weighted by Crippen LogP contribution is -2.19. The molecule has 0 amide bonds. The Morgan fingerprint density at radius 1 is 1.14 bits per heavy atom. The first-order valence-electron chi connectivity index (χ1n) is 6.41. The molecule has 2 aromatic rings. The van der Waals surface area contributed by atoms with Crippen molar-refractivity contribution in [3.63, 3.8) is 0 Å². The first kappa shape index (κ1) is 15.3. The average molecular weight is 300 g/mol. The van der Waals surface area contributed by atoms with Gasteiger partial charge in [0.05, 0.1) is 12.2 Å². The lowest BCUT2D eigenvalue weighted by Gasteiger charge is -2.05. The molecule has 0 aliphatic rings. The molecule has 1 aromatic heterocycles. The van der Waals surface area contributed by atoms with Crippen LogP contribution in [0.25, 0.3) is 0 Å². The third kappa shape index (κ3) is 3.94. The van der Waals surface area contributed by atoms with Gasteiger partial charge in [0.25, 0.3) is 0 Å². The van der Waals surface area contributed by atoms with Gasteiger partial charge in [-0.15, -0.1) is 5.10 Å². The minimum atomic E-state index is -1.56. The highest BCUT2D eigenvalue weighted by atomic mass is 19.2. The highest BCUT2D eigenvalue weighted by Crippen LogP contribution is 2.22. The van der Waals surface area contributed by atoms with Gasteiger partial charge in [-0.1, -0.05) is 18.9 Å². The summed E-state index contributed by atoms with van der Waals surface area (Å²) in [5.41, 5.74) is -0.278. The normalized spacial score (nSPS) is 11.1. The predicted molar refractivity (Wildman–Crippen MR) is 70.4 cm³/mol. The highest BCUT2D eigenvalue weighted by molar-refractivity contribution is 5.52. The fourth-order valence-electron chi connectivity index (χ4n) is 1.58. The van der Waals surface area contributed by atoms with Crippen LogP contribution in [0, 0.1) is 23.4 Å². The summed E-state index contributed by atoms with van der Waals surface area (Å²) in [4.78, 5) is 0. The van der Waals surface area contributed by atoms with Gasteiger partial charge in [-0.2, -0.15) is 0 Å². The molecule has 0 atom stereocenters. The summed E-state index contributed by atoms with van der Waals surface area (Å²) in [6, 6.07) is 1.76. The summed E-state index contributed by atoms with van der Waals surface area (Å²) >= 11 is 0. The van der Waals surface area contributed by atoms with Gasteiger partial charge in [0.1, 0.15) is 0 Å². The van der Waals surface area contributed by atoms with E-state index in [1.54, 1.807) is 0 Å². The van der Waals surface area contributed by atoms with Crippen LogP contribution in [0.5, 0.6) is 0 Å². The molecule has 5 nitrogen and oxygen atoms in total. The fraction of sp³-hybridized carbons (Fsp3) is 0.385. The van der Waals surface area contributed by atoms with Crippen LogP contribution < -0.4 is 10.6 Å². The topological polar surface area (TPSA) is 63.0 Å². The maximum Gasteiger partial charge on any atom is 0.320 e. The minimum Gasteiger partial charge on any atom is -0.406 e. The molecule has 1 heterocycles. The van der Waals surface area contributed by atoms with Crippen molar-refractivity contribution in [1.29, 1.82) is 0 Å². The first-order chi connectivity index (χ1) is 9.97. The Kier molecular flexibility index (Phi) is 4.79. The Hall–Kier alpha value is -2.09. The lowest BCUT2D eigenvalue weighted by molar-refractivity contribution is 0.447. The molecule has 0 fully saturated rings. The van der Waals surface area contributed by atoms with Crippen LogP contribution in [0.2, 0.25) is 0 Å². The van der Waals surface area contributed by atoms with Crippen molar-refractivity contribution >= 4 is 11.7 Å². The quantitative estimate of drug-likeness (QED) is 0.803. The smallest absolute Gasteiger partial charge is 0.320 e. The second-order valence-electron chi connectivity index (χ2n) is 4.87. The lowest BCUT2D eigenvalue weighted by atomic mass is 10.2. The molecule has 2 N–H and O–H groups in total. The van der Waals surface area contributed by atoms with Crippen LogP contribution in [-0.4, -0.2) is 16.7 Å². The summed E-state index contributed by atoms with van der Waals surface area (Å²) < 4.78 is 44.6. The second-order valence-corrected chi connectivity index (χ2v) is 4.87. The van der Waals surface area contributed by atoms with Crippen LogP contribution in [-0.2, 0) is 6.54 Å². The molecule has 21 heavy (non-hydrogen) atoms. The maximum atomic E-state index is 13.5. The molecule has 0 saturated heterocycles. The van der Waals surface area contributed by atoms with Crippen LogP contribution >= 0.6 is 0 Å². The van der Waals surface area contributed by atoms with Crippen LogP contribution in [0.3, 0.4) is 0 Å². The molecule has 0 spiro atoms. The van der Waals surface area contributed by atoms with Gasteiger partial charge >= 0.3 is 6.01 Å². The van der Waals surface area contributed by atoms with Crippen LogP contribution in [0.1, 0.15) is 19.7 Å².